The van der Waals surface area contributed by atoms with E-state index in [4.69, 9.17) is 9.05 Å². The molecule has 0 radical (unpaired) electrons. The number of likely N-dealkylation sites (N-methyl/N-ethyl adjacent to an activating group) is 1. The molecule has 0 bridgehead atoms. The number of nitrogens with zero attached hydrogens (tertiary/aromatic N) is 1. The maximum absolute atomic E-state index is 13.1. The summed E-state index contributed by atoms with van der Waals surface area (Å²) in [7, 11) is 1.57. The molecular weight excluding hydrogens is 1080 g/mol. The van der Waals surface area contributed by atoms with Crippen LogP contribution in [0.1, 0.15) is 335 Å². The van der Waals surface area contributed by atoms with Gasteiger partial charge in [-0.25, -0.2) is 4.57 Å². The highest BCUT2D eigenvalue weighted by Gasteiger charge is 2.28. The zero-order chi connectivity index (χ0) is 62.6. The largest absolute Gasteiger partial charge is 0.472 e. The summed E-state index contributed by atoms with van der Waals surface area (Å²) >= 11 is 0. The van der Waals surface area contributed by atoms with Crippen LogP contribution < -0.4 is 5.32 Å². The minimum atomic E-state index is -4.36. The normalized spacial score (nSPS) is 14.2. The first-order valence-corrected chi connectivity index (χ1v) is 38.1. The molecule has 3 unspecified atom stereocenters. The number of unbranched alkanes of at least 4 members (excludes halogenated alkanes) is 40. The Kier molecular flexibility index (Phi) is 64.8. The van der Waals surface area contributed by atoms with Crippen molar-refractivity contribution in [1.82, 2.24) is 5.32 Å². The van der Waals surface area contributed by atoms with Crippen molar-refractivity contribution in [3.05, 3.63) is 97.2 Å². The Morgan fingerprint density at radius 3 is 1.02 bits per heavy atom. The summed E-state index contributed by atoms with van der Waals surface area (Å²) in [5.41, 5.74) is 0. The van der Waals surface area contributed by atoms with Gasteiger partial charge < -0.3 is 19.8 Å². The molecule has 0 aliphatic rings. The van der Waals surface area contributed by atoms with Crippen LogP contribution in [0.15, 0.2) is 97.2 Å². The molecular formula is C77H142N2O6P+. The third kappa shape index (κ3) is 68.9. The Hall–Kier alpha value is -2.58. The number of nitrogens with one attached hydrogen (secondary N) is 1. The number of quaternary nitrogens is 1. The number of aliphatic hydroxyl groups is 1. The van der Waals surface area contributed by atoms with Gasteiger partial charge in [-0.2, -0.15) is 0 Å². The number of rotatable bonds is 67. The predicted octanol–water partition coefficient (Wildman–Crippen LogP) is 23.7. The molecule has 0 aromatic rings. The summed E-state index contributed by atoms with van der Waals surface area (Å²) < 4.78 is 23.8. The second-order valence-corrected chi connectivity index (χ2v) is 27.4. The molecule has 0 saturated carbocycles. The van der Waals surface area contributed by atoms with Crippen LogP contribution >= 0.6 is 7.82 Å². The van der Waals surface area contributed by atoms with E-state index in [-0.39, 0.29) is 19.1 Å². The van der Waals surface area contributed by atoms with Crippen LogP contribution in [0.25, 0.3) is 0 Å². The number of amides is 1. The monoisotopic (exact) mass is 1220 g/mol. The van der Waals surface area contributed by atoms with E-state index in [1.54, 1.807) is 6.08 Å². The van der Waals surface area contributed by atoms with Crippen molar-refractivity contribution in [2.24, 2.45) is 0 Å². The van der Waals surface area contributed by atoms with Crippen molar-refractivity contribution in [2.75, 3.05) is 40.9 Å². The van der Waals surface area contributed by atoms with Crippen LogP contribution in [0.4, 0.5) is 0 Å². The van der Waals surface area contributed by atoms with E-state index in [9.17, 15) is 19.4 Å². The zero-order valence-electron chi connectivity index (χ0n) is 57.3. The van der Waals surface area contributed by atoms with E-state index in [2.05, 4.69) is 104 Å². The van der Waals surface area contributed by atoms with Crippen molar-refractivity contribution in [3.63, 3.8) is 0 Å². The Bertz CT molecular complexity index is 1730. The molecule has 0 aromatic carbocycles. The molecule has 0 aliphatic heterocycles. The Morgan fingerprint density at radius 2 is 0.698 bits per heavy atom. The average Bonchev–Trinajstić information content (AvgIpc) is 3.70. The lowest BCUT2D eigenvalue weighted by molar-refractivity contribution is -0.870. The van der Waals surface area contributed by atoms with Gasteiger partial charge in [0.25, 0.3) is 0 Å². The second kappa shape index (κ2) is 66.8. The van der Waals surface area contributed by atoms with Gasteiger partial charge in [0.1, 0.15) is 13.2 Å². The van der Waals surface area contributed by atoms with Crippen molar-refractivity contribution in [2.45, 2.75) is 347 Å². The molecule has 0 fully saturated rings. The van der Waals surface area contributed by atoms with Gasteiger partial charge in [-0.3, -0.25) is 13.8 Å². The second-order valence-electron chi connectivity index (χ2n) is 25.9. The Labute approximate surface area is 534 Å². The number of carbonyl (C=O) groups excluding carboxylic acids is 1. The highest BCUT2D eigenvalue weighted by molar-refractivity contribution is 7.47. The van der Waals surface area contributed by atoms with E-state index in [0.717, 1.165) is 83.5 Å². The molecule has 86 heavy (non-hydrogen) atoms. The van der Waals surface area contributed by atoms with Crippen molar-refractivity contribution < 1.29 is 32.9 Å². The lowest BCUT2D eigenvalue weighted by atomic mass is 10.0. The third-order valence-corrected chi connectivity index (χ3v) is 17.3. The predicted molar refractivity (Wildman–Crippen MR) is 378 cm³/mol. The molecule has 0 heterocycles. The first-order valence-electron chi connectivity index (χ1n) is 36.6. The summed E-state index contributed by atoms with van der Waals surface area (Å²) in [6.07, 6.45) is 97.0. The molecule has 0 saturated heterocycles. The van der Waals surface area contributed by atoms with Gasteiger partial charge >= 0.3 is 7.82 Å². The highest BCUT2D eigenvalue weighted by atomic mass is 31.2. The first-order chi connectivity index (χ1) is 42.0. The van der Waals surface area contributed by atoms with Crippen LogP contribution in [0.3, 0.4) is 0 Å². The molecule has 0 rings (SSSR count). The van der Waals surface area contributed by atoms with Crippen LogP contribution in [-0.4, -0.2) is 73.4 Å². The van der Waals surface area contributed by atoms with E-state index >= 15 is 0 Å². The van der Waals surface area contributed by atoms with Crippen LogP contribution in [0.5, 0.6) is 0 Å². The number of carbonyl (C=O) groups is 1. The topological polar surface area (TPSA) is 105 Å². The SMILES string of the molecule is CC/C=C\C/C=C\C/C=C\C/C=C\C/C=C\C/C=C\C/C=C\CCCCCCCCCCCCCCCC(=O)NC(COP(=O)(O)OCC[N+](C)(C)C)C(O)/C=C/CCCCCCCCCCCCCCCCCCCCCCCCCCCCC. The zero-order valence-corrected chi connectivity index (χ0v) is 58.2. The molecule has 0 aromatic heterocycles. The van der Waals surface area contributed by atoms with Gasteiger partial charge in [-0.15, -0.1) is 0 Å². The Balaban J connectivity index is 4.07. The molecule has 8 nitrogen and oxygen atoms in total. The van der Waals surface area contributed by atoms with Crippen LogP contribution in [0, 0.1) is 0 Å². The number of aliphatic hydroxyl groups excluding tert-OH is 1. The summed E-state index contributed by atoms with van der Waals surface area (Å²) in [6.45, 7) is 4.74. The number of phosphoric acid groups is 1. The Morgan fingerprint density at radius 1 is 0.407 bits per heavy atom. The van der Waals surface area contributed by atoms with Crippen LogP contribution in [-0.2, 0) is 18.4 Å². The number of hydrogen-bond donors (Lipinski definition) is 3. The smallest absolute Gasteiger partial charge is 0.387 e. The van der Waals surface area contributed by atoms with Gasteiger partial charge in [0.2, 0.25) is 5.91 Å². The fourth-order valence-corrected chi connectivity index (χ4v) is 11.4. The maximum Gasteiger partial charge on any atom is 0.472 e. The van der Waals surface area contributed by atoms with Crippen molar-refractivity contribution in [3.8, 4) is 0 Å². The average molecular weight is 1220 g/mol. The molecule has 0 spiro atoms. The fourth-order valence-electron chi connectivity index (χ4n) is 10.7. The van der Waals surface area contributed by atoms with E-state index in [1.807, 2.05) is 27.2 Å². The minimum Gasteiger partial charge on any atom is -0.387 e. The summed E-state index contributed by atoms with van der Waals surface area (Å²) in [5, 5.41) is 14.0. The lowest BCUT2D eigenvalue weighted by Crippen LogP contribution is -2.45. The standard InChI is InChI=1S/C77H141N2O6P/c1-6-8-10-12-14-16-18-20-22-24-26-28-30-32-34-36-37-38-39-40-41-43-45-47-49-51-53-55-57-59-61-63-65-67-69-71-77(81)78-75(74-85-86(82,83)84-73-72-79(3,4)5)76(80)70-68-66-64-62-60-58-56-54-52-50-48-46-44-42-35-33-31-29-27-25-23-21-19-17-15-13-11-9-7-2/h8,10,14,16,20,22,26,28,32,34,37-38,40-41,68,70,75-76,80H,6-7,9,11-13,15,17-19,21,23-25,27,29-31,33,35-36,39,42-67,69,71-74H2,1-5H3,(H-,78,81,82,83)/p+1/b10-8-,16-14-,22-20-,28-26-,34-32-,38-37-,41-40-,70-68+. The molecule has 1 amide bonds. The summed E-state index contributed by atoms with van der Waals surface area (Å²) in [4.78, 5) is 23.5. The lowest BCUT2D eigenvalue weighted by Gasteiger charge is -2.25. The fraction of sp³-hybridized carbons (Fsp3) is 0.779. The molecule has 3 atom stereocenters. The van der Waals surface area contributed by atoms with E-state index < -0.39 is 20.0 Å². The van der Waals surface area contributed by atoms with Gasteiger partial charge in [0, 0.05) is 6.42 Å². The molecule has 9 heteroatoms. The van der Waals surface area contributed by atoms with Gasteiger partial charge in [0.15, 0.2) is 0 Å². The number of allylic oxidation sites excluding steroid dienone is 15. The summed E-state index contributed by atoms with van der Waals surface area (Å²) in [6, 6.07) is -0.854. The molecule has 500 valence electrons. The van der Waals surface area contributed by atoms with Gasteiger partial charge in [-0.1, -0.05) is 349 Å². The minimum absolute atomic E-state index is 0.0587. The van der Waals surface area contributed by atoms with E-state index in [0.29, 0.717) is 17.4 Å². The molecule has 0 aliphatic carbocycles. The van der Waals surface area contributed by atoms with E-state index in [1.165, 1.54) is 231 Å². The third-order valence-electron chi connectivity index (χ3n) is 16.3. The number of phosphoric ester groups is 1. The maximum atomic E-state index is 13.1. The highest BCUT2D eigenvalue weighted by Crippen LogP contribution is 2.43. The number of hydrogen-bond acceptors (Lipinski definition) is 5. The van der Waals surface area contributed by atoms with Crippen molar-refractivity contribution in [1.29, 1.82) is 0 Å². The summed E-state index contributed by atoms with van der Waals surface area (Å²) in [5.74, 6) is -0.177. The first kappa shape index (κ1) is 83.4. The van der Waals surface area contributed by atoms with Gasteiger partial charge in [-0.05, 0) is 77.0 Å². The van der Waals surface area contributed by atoms with Crippen LogP contribution in [0.2, 0.25) is 0 Å². The molecule has 3 N–H and O–H groups in total. The quantitative estimate of drug-likeness (QED) is 0.0243. The van der Waals surface area contributed by atoms with Gasteiger partial charge in [0.05, 0.1) is 39.9 Å². The van der Waals surface area contributed by atoms with Crippen molar-refractivity contribution >= 4 is 13.7 Å².